The van der Waals surface area contributed by atoms with E-state index in [9.17, 15) is 17.5 Å². The Morgan fingerprint density at radius 3 is 2.84 bits per heavy atom. The van der Waals surface area contributed by atoms with Crippen molar-refractivity contribution >= 4 is 33.2 Å². The standard InChI is InChI=1S/C11H10F2N2O2S2/c12-6-1-2-9(7(13)3-6)15-10-5-19(16,17)4-8(10)14-11(15)18/h1-3,8,10H,4-5H2,(H-,14,16,17,18)/p+1/t8-,10-/m1/s1. The van der Waals surface area contributed by atoms with Crippen molar-refractivity contribution in [3.05, 3.63) is 29.8 Å². The van der Waals surface area contributed by atoms with Crippen molar-refractivity contribution in [1.82, 2.24) is 5.32 Å². The topological polar surface area (TPSA) is 52.6 Å². The number of halogens is 2. The van der Waals surface area contributed by atoms with E-state index in [1.807, 2.05) is 0 Å². The summed E-state index contributed by atoms with van der Waals surface area (Å²) in [4.78, 5) is 1.47. The molecule has 2 heterocycles. The van der Waals surface area contributed by atoms with Gasteiger partial charge in [0, 0.05) is 6.07 Å². The maximum absolute atomic E-state index is 13.8. The molecule has 0 amide bonds. The van der Waals surface area contributed by atoms with Crippen LogP contribution in [-0.4, -0.2) is 33.3 Å². The number of nitrogens with zero attached hydrogens (tertiary/aromatic N) is 1. The molecular weight excluding hydrogens is 294 g/mol. The van der Waals surface area contributed by atoms with Crippen LogP contribution in [0.5, 0.6) is 0 Å². The van der Waals surface area contributed by atoms with E-state index in [1.54, 1.807) is 0 Å². The molecule has 1 unspecified atom stereocenters. The summed E-state index contributed by atoms with van der Waals surface area (Å²) >= 11 is 5.12. The Bertz CT molecular complexity index is 610. The second-order valence-electron chi connectivity index (χ2n) is 4.69. The summed E-state index contributed by atoms with van der Waals surface area (Å²) in [5.74, 6) is -1.28. The summed E-state index contributed by atoms with van der Waals surface area (Å²) in [6, 6.07) is 2.56. The zero-order chi connectivity index (χ0) is 13.8. The summed E-state index contributed by atoms with van der Waals surface area (Å²) in [5, 5.41) is 3.22. The Hall–Kier alpha value is -1.12. The molecular formula is C11H11F2N2O2S2+. The Balaban J connectivity index is 2.00. The van der Waals surface area contributed by atoms with Gasteiger partial charge in [-0.25, -0.2) is 8.78 Å². The van der Waals surface area contributed by atoms with E-state index < -0.39 is 21.8 Å². The van der Waals surface area contributed by atoms with Crippen LogP contribution in [0.15, 0.2) is 18.2 Å². The molecule has 0 bridgehead atoms. The third kappa shape index (κ3) is 2.13. The lowest BCUT2D eigenvalue weighted by atomic mass is 10.1. The summed E-state index contributed by atoms with van der Waals surface area (Å²) in [7, 11) is -2.90. The van der Waals surface area contributed by atoms with Crippen LogP contribution in [0.4, 0.5) is 14.5 Å². The van der Waals surface area contributed by atoms with E-state index in [0.29, 0.717) is 5.11 Å². The number of anilines is 1. The number of thiocarbonyl (C=S) groups is 1. The SMILES string of the molecule is O=[S+]1(O)C[C@@H]2[C@@H](C1)NC(=S)N2c1ccc(F)cc1F. The van der Waals surface area contributed by atoms with Crippen molar-refractivity contribution in [3.8, 4) is 0 Å². The molecule has 0 spiro atoms. The van der Waals surface area contributed by atoms with E-state index in [4.69, 9.17) is 12.2 Å². The van der Waals surface area contributed by atoms with Crippen molar-refractivity contribution in [2.75, 3.05) is 16.4 Å². The highest BCUT2D eigenvalue weighted by atomic mass is 32.3. The fourth-order valence-corrected chi connectivity index (χ4v) is 4.88. The highest BCUT2D eigenvalue weighted by Crippen LogP contribution is 2.33. The van der Waals surface area contributed by atoms with E-state index in [1.165, 1.54) is 11.0 Å². The number of hydrogen-bond donors (Lipinski definition) is 2. The number of nitrogens with one attached hydrogen (secondary N) is 1. The van der Waals surface area contributed by atoms with E-state index >= 15 is 0 Å². The first-order chi connectivity index (χ1) is 8.87. The van der Waals surface area contributed by atoms with E-state index in [0.717, 1.165) is 12.1 Å². The molecule has 0 saturated carbocycles. The molecule has 1 aromatic rings. The molecule has 2 fully saturated rings. The van der Waals surface area contributed by atoms with Crippen molar-refractivity contribution in [2.45, 2.75) is 12.1 Å². The normalized spacial score (nSPS) is 33.4. The van der Waals surface area contributed by atoms with Crippen molar-refractivity contribution in [2.24, 2.45) is 0 Å². The quantitative estimate of drug-likeness (QED) is 0.606. The maximum Gasteiger partial charge on any atom is 0.218 e. The molecule has 3 atom stereocenters. The zero-order valence-electron chi connectivity index (χ0n) is 9.68. The van der Waals surface area contributed by atoms with Crippen LogP contribution in [0, 0.1) is 11.6 Å². The minimum Gasteiger partial charge on any atom is -0.352 e. The minimum absolute atomic E-state index is 0.0294. The van der Waals surface area contributed by atoms with Gasteiger partial charge in [0.2, 0.25) is 10.2 Å². The molecule has 2 N–H and O–H groups in total. The smallest absolute Gasteiger partial charge is 0.218 e. The average Bonchev–Trinajstić information content (AvgIpc) is 2.70. The monoisotopic (exact) mass is 305 g/mol. The molecule has 102 valence electrons. The van der Waals surface area contributed by atoms with Gasteiger partial charge in [0.25, 0.3) is 0 Å². The molecule has 1 aromatic carbocycles. The first-order valence-electron chi connectivity index (χ1n) is 5.64. The molecule has 2 aliphatic rings. The molecule has 19 heavy (non-hydrogen) atoms. The Labute approximate surface area is 115 Å². The van der Waals surface area contributed by atoms with Gasteiger partial charge in [-0.2, -0.15) is 4.55 Å². The highest BCUT2D eigenvalue weighted by Gasteiger charge is 2.54. The Morgan fingerprint density at radius 1 is 1.42 bits per heavy atom. The van der Waals surface area contributed by atoms with Gasteiger partial charge in [0.15, 0.2) is 16.6 Å². The predicted octanol–water partition coefficient (Wildman–Crippen LogP) is 1.38. The first kappa shape index (κ1) is 12.9. The lowest BCUT2D eigenvalue weighted by Gasteiger charge is -2.22. The number of fused-ring (bicyclic) bond motifs is 1. The maximum atomic E-state index is 13.8. The molecule has 0 aliphatic carbocycles. The van der Waals surface area contributed by atoms with Crippen LogP contribution < -0.4 is 10.2 Å². The predicted molar refractivity (Wildman–Crippen MR) is 72.6 cm³/mol. The minimum atomic E-state index is -2.90. The van der Waals surface area contributed by atoms with Gasteiger partial charge in [-0.15, -0.1) is 0 Å². The first-order valence-corrected chi connectivity index (χ1v) is 7.90. The molecule has 2 aliphatic heterocycles. The lowest BCUT2D eigenvalue weighted by Crippen LogP contribution is -2.38. The van der Waals surface area contributed by atoms with Gasteiger partial charge in [-0.1, -0.05) is 4.21 Å². The summed E-state index contributed by atoms with van der Waals surface area (Å²) in [5.41, 5.74) is 0.128. The zero-order valence-corrected chi connectivity index (χ0v) is 11.3. The highest BCUT2D eigenvalue weighted by molar-refractivity contribution is 7.98. The van der Waals surface area contributed by atoms with Gasteiger partial charge in [0.05, 0.1) is 5.69 Å². The van der Waals surface area contributed by atoms with Crippen LogP contribution >= 0.6 is 12.2 Å². The molecule has 2 saturated heterocycles. The van der Waals surface area contributed by atoms with Crippen LogP contribution in [0.25, 0.3) is 0 Å². The average molecular weight is 305 g/mol. The van der Waals surface area contributed by atoms with Crippen molar-refractivity contribution < 1.29 is 17.5 Å². The van der Waals surface area contributed by atoms with E-state index in [2.05, 4.69) is 5.32 Å². The van der Waals surface area contributed by atoms with Crippen LogP contribution in [-0.2, 0) is 14.4 Å². The molecule has 0 aromatic heterocycles. The fraction of sp³-hybridized carbons (Fsp3) is 0.364. The van der Waals surface area contributed by atoms with Gasteiger partial charge in [-0.05, 0) is 24.4 Å². The molecule has 8 heteroatoms. The van der Waals surface area contributed by atoms with Gasteiger partial charge in [-0.3, -0.25) is 0 Å². The van der Waals surface area contributed by atoms with Crippen molar-refractivity contribution in [1.29, 1.82) is 0 Å². The largest absolute Gasteiger partial charge is 0.352 e. The van der Waals surface area contributed by atoms with Gasteiger partial charge >= 0.3 is 0 Å². The summed E-state index contributed by atoms with van der Waals surface area (Å²) < 4.78 is 48.1. The van der Waals surface area contributed by atoms with Crippen LogP contribution in [0.3, 0.4) is 0 Å². The third-order valence-electron chi connectivity index (χ3n) is 3.36. The van der Waals surface area contributed by atoms with E-state index in [-0.39, 0.29) is 29.3 Å². The van der Waals surface area contributed by atoms with Crippen LogP contribution in [0.1, 0.15) is 0 Å². The lowest BCUT2D eigenvalue weighted by molar-refractivity contribution is 0.502. The second-order valence-corrected chi connectivity index (χ2v) is 7.29. The summed E-state index contributed by atoms with van der Waals surface area (Å²) in [6.07, 6.45) is 0. The van der Waals surface area contributed by atoms with Gasteiger partial charge < -0.3 is 10.2 Å². The van der Waals surface area contributed by atoms with Crippen LogP contribution in [0.2, 0.25) is 0 Å². The second kappa shape index (κ2) is 4.19. The Morgan fingerprint density at radius 2 is 2.16 bits per heavy atom. The molecule has 3 rings (SSSR count). The van der Waals surface area contributed by atoms with Gasteiger partial charge in [0.1, 0.15) is 23.7 Å². The number of benzene rings is 1. The van der Waals surface area contributed by atoms with Crippen molar-refractivity contribution in [3.63, 3.8) is 0 Å². The fourth-order valence-electron chi connectivity index (χ4n) is 2.58. The Kier molecular flexibility index (Phi) is 2.84. The summed E-state index contributed by atoms with van der Waals surface area (Å²) in [6.45, 7) is 0. The number of rotatable bonds is 1. The molecule has 4 nitrogen and oxygen atoms in total. The molecule has 0 radical (unpaired) electrons. The third-order valence-corrected chi connectivity index (χ3v) is 5.42. The number of hydrogen-bond acceptors (Lipinski definition) is 2.